The molecule has 2 heterocycles. The van der Waals surface area contributed by atoms with Gasteiger partial charge in [0.2, 0.25) is 10.0 Å². The van der Waals surface area contributed by atoms with Gasteiger partial charge in [-0.3, -0.25) is 20.4 Å². The summed E-state index contributed by atoms with van der Waals surface area (Å²) in [5.41, 5.74) is 4.25. The molecule has 32 heavy (non-hydrogen) atoms. The first-order valence-corrected chi connectivity index (χ1v) is 11.7. The first-order valence-electron chi connectivity index (χ1n) is 9.38. The van der Waals surface area contributed by atoms with Crippen molar-refractivity contribution in [2.24, 2.45) is 0 Å². The Morgan fingerprint density at radius 3 is 2.56 bits per heavy atom. The van der Waals surface area contributed by atoms with E-state index in [1.54, 1.807) is 17.5 Å². The molecule has 1 saturated heterocycles. The molecule has 0 atom stereocenters. The number of ether oxygens (including phenoxy) is 3. The van der Waals surface area contributed by atoms with E-state index in [0.717, 1.165) is 6.07 Å². The molecule has 1 aliphatic heterocycles. The number of benzene rings is 1. The molecule has 3 rings (SSSR count). The van der Waals surface area contributed by atoms with Crippen LogP contribution in [0.15, 0.2) is 40.6 Å². The molecule has 2 N–H and O–H groups in total. The third-order valence-electron chi connectivity index (χ3n) is 4.38. The lowest BCUT2D eigenvalue weighted by Gasteiger charge is -2.26. The van der Waals surface area contributed by atoms with Crippen LogP contribution in [0.3, 0.4) is 0 Å². The number of nitrogens with zero attached hydrogens (tertiary/aromatic N) is 1. The molecule has 1 aromatic carbocycles. The molecule has 2 amide bonds. The number of hydrogen-bond acceptors (Lipinski definition) is 9. The number of carbonyl (C=O) groups excluding carboxylic acids is 3. The molecular weight excluding hydrogens is 462 g/mol. The number of methoxy groups -OCH3 is 1. The highest BCUT2D eigenvalue weighted by Gasteiger charge is 2.30. The molecule has 0 spiro atoms. The number of thiophene rings is 1. The van der Waals surface area contributed by atoms with E-state index in [1.807, 2.05) is 0 Å². The molecule has 0 radical (unpaired) electrons. The summed E-state index contributed by atoms with van der Waals surface area (Å²) >= 11 is 1.20. The van der Waals surface area contributed by atoms with E-state index in [9.17, 15) is 22.8 Å². The van der Waals surface area contributed by atoms with Gasteiger partial charge in [-0.1, -0.05) is 6.07 Å². The van der Waals surface area contributed by atoms with Crippen molar-refractivity contribution in [3.8, 4) is 5.75 Å². The van der Waals surface area contributed by atoms with Crippen molar-refractivity contribution in [1.82, 2.24) is 15.2 Å². The van der Waals surface area contributed by atoms with E-state index in [2.05, 4.69) is 10.9 Å². The Balaban J connectivity index is 1.63. The maximum Gasteiger partial charge on any atom is 0.338 e. The number of hydrazine groups is 1. The Hall–Kier alpha value is -3.00. The average molecular weight is 484 g/mol. The van der Waals surface area contributed by atoms with Gasteiger partial charge >= 0.3 is 5.97 Å². The molecule has 13 heteroatoms. The summed E-state index contributed by atoms with van der Waals surface area (Å²) in [6.45, 7) is 0.207. The van der Waals surface area contributed by atoms with Crippen molar-refractivity contribution in [1.29, 1.82) is 0 Å². The van der Waals surface area contributed by atoms with E-state index in [4.69, 9.17) is 14.2 Å². The molecule has 1 aromatic heterocycles. The molecule has 11 nitrogen and oxygen atoms in total. The second-order valence-corrected chi connectivity index (χ2v) is 9.29. The molecule has 0 saturated carbocycles. The highest BCUT2D eigenvalue weighted by molar-refractivity contribution is 7.89. The summed E-state index contributed by atoms with van der Waals surface area (Å²) < 4.78 is 42.5. The molecule has 1 fully saturated rings. The highest BCUT2D eigenvalue weighted by Crippen LogP contribution is 2.28. The number of nitrogens with one attached hydrogen (secondary N) is 2. The number of rotatable bonds is 7. The van der Waals surface area contributed by atoms with Gasteiger partial charge in [-0.15, -0.1) is 11.3 Å². The standard InChI is InChI=1S/C19H21N3O8S2/c1-28-14-5-4-13(11-16(14)32(26,27)22-6-8-29-9-7-22)19(25)30-12-17(23)20-21-18(24)15-3-2-10-31-15/h2-5,10-11H,6-9,12H2,1H3,(H,20,23)(H,21,24). The third-order valence-corrected chi connectivity index (χ3v) is 7.17. The van der Waals surface area contributed by atoms with Crippen LogP contribution in [0, 0.1) is 0 Å². The number of sulfonamides is 1. The lowest BCUT2D eigenvalue weighted by molar-refractivity contribution is -0.125. The van der Waals surface area contributed by atoms with Crippen molar-refractivity contribution >= 4 is 39.1 Å². The zero-order valence-corrected chi connectivity index (χ0v) is 18.7. The number of carbonyl (C=O) groups is 3. The maximum atomic E-state index is 13.0. The van der Waals surface area contributed by atoms with Crippen LogP contribution in [0.5, 0.6) is 5.75 Å². The van der Waals surface area contributed by atoms with E-state index >= 15 is 0 Å². The van der Waals surface area contributed by atoms with Crippen LogP contribution in [0.1, 0.15) is 20.0 Å². The average Bonchev–Trinajstić information content (AvgIpc) is 3.36. The lowest BCUT2D eigenvalue weighted by Crippen LogP contribution is -2.43. The van der Waals surface area contributed by atoms with Gasteiger partial charge < -0.3 is 14.2 Å². The molecule has 172 valence electrons. The minimum atomic E-state index is -3.94. The monoisotopic (exact) mass is 483 g/mol. The first-order chi connectivity index (χ1) is 15.3. The van der Waals surface area contributed by atoms with Crippen LogP contribution in [0.25, 0.3) is 0 Å². The van der Waals surface area contributed by atoms with Gasteiger partial charge in [-0.2, -0.15) is 4.31 Å². The van der Waals surface area contributed by atoms with Crippen molar-refractivity contribution in [2.45, 2.75) is 4.90 Å². The second kappa shape index (κ2) is 10.5. The molecular formula is C19H21N3O8S2. The maximum absolute atomic E-state index is 13.0. The number of morpholine rings is 1. The predicted molar refractivity (Wildman–Crippen MR) is 113 cm³/mol. The Labute approximate surface area is 188 Å². The highest BCUT2D eigenvalue weighted by atomic mass is 32.2. The Morgan fingerprint density at radius 1 is 1.16 bits per heavy atom. The Kier molecular flexibility index (Phi) is 7.80. The van der Waals surface area contributed by atoms with Gasteiger partial charge in [0.25, 0.3) is 11.8 Å². The minimum absolute atomic E-state index is 0.0714. The Bertz CT molecular complexity index is 1080. The molecule has 2 aromatic rings. The van der Waals surface area contributed by atoms with Gasteiger partial charge in [-0.25, -0.2) is 13.2 Å². The van der Waals surface area contributed by atoms with Crippen LogP contribution in [-0.4, -0.2) is 70.5 Å². The largest absolute Gasteiger partial charge is 0.495 e. The van der Waals surface area contributed by atoms with Crippen molar-refractivity contribution < 1.29 is 37.0 Å². The topological polar surface area (TPSA) is 140 Å². The van der Waals surface area contributed by atoms with Crippen molar-refractivity contribution in [3.63, 3.8) is 0 Å². The van der Waals surface area contributed by atoms with Crippen LogP contribution < -0.4 is 15.6 Å². The molecule has 0 aliphatic carbocycles. The number of hydrogen-bond donors (Lipinski definition) is 2. The van der Waals surface area contributed by atoms with Gasteiger partial charge in [0.1, 0.15) is 10.6 Å². The SMILES string of the molecule is COc1ccc(C(=O)OCC(=O)NNC(=O)c2cccs2)cc1S(=O)(=O)N1CCOCC1. The number of esters is 1. The van der Waals surface area contributed by atoms with Crippen molar-refractivity contribution in [2.75, 3.05) is 40.0 Å². The van der Waals surface area contributed by atoms with Crippen molar-refractivity contribution in [3.05, 3.63) is 46.2 Å². The molecule has 0 bridgehead atoms. The smallest absolute Gasteiger partial charge is 0.338 e. The van der Waals surface area contributed by atoms with Crippen LogP contribution >= 0.6 is 11.3 Å². The second-order valence-electron chi connectivity index (χ2n) is 6.44. The van der Waals surface area contributed by atoms with Gasteiger partial charge in [-0.05, 0) is 29.6 Å². The van der Waals surface area contributed by atoms with Gasteiger partial charge in [0.15, 0.2) is 6.61 Å². The minimum Gasteiger partial charge on any atom is -0.495 e. The summed E-state index contributed by atoms with van der Waals surface area (Å²) in [5.74, 6) is -2.11. The third kappa shape index (κ3) is 5.62. The van der Waals surface area contributed by atoms with E-state index in [1.165, 1.54) is 34.9 Å². The first kappa shape index (κ1) is 23.7. The van der Waals surface area contributed by atoms with Crippen LogP contribution in [0.2, 0.25) is 0 Å². The lowest BCUT2D eigenvalue weighted by atomic mass is 10.2. The van der Waals surface area contributed by atoms with E-state index < -0.39 is 34.4 Å². The summed E-state index contributed by atoms with van der Waals surface area (Å²) in [4.78, 5) is 36.2. The summed E-state index contributed by atoms with van der Waals surface area (Å²) in [6, 6.07) is 7.08. The van der Waals surface area contributed by atoms with Gasteiger partial charge in [0.05, 0.1) is 30.8 Å². The zero-order valence-electron chi connectivity index (χ0n) is 17.0. The fourth-order valence-electron chi connectivity index (χ4n) is 2.78. The summed E-state index contributed by atoms with van der Waals surface area (Å²) in [5, 5.41) is 1.71. The predicted octanol–water partition coefficient (Wildman–Crippen LogP) is 0.396. The molecule has 0 unspecified atom stereocenters. The fraction of sp³-hybridized carbons (Fsp3) is 0.316. The Morgan fingerprint density at radius 2 is 1.91 bits per heavy atom. The van der Waals surface area contributed by atoms with Crippen LogP contribution in [0.4, 0.5) is 0 Å². The fourth-order valence-corrected chi connectivity index (χ4v) is 4.99. The zero-order chi connectivity index (χ0) is 23.1. The van der Waals surface area contributed by atoms with Gasteiger partial charge in [0, 0.05) is 13.1 Å². The van der Waals surface area contributed by atoms with Crippen LogP contribution in [-0.2, 0) is 24.3 Å². The quantitative estimate of drug-likeness (QED) is 0.426. The molecule has 1 aliphatic rings. The number of amides is 2. The van der Waals surface area contributed by atoms with E-state index in [0.29, 0.717) is 4.88 Å². The summed E-state index contributed by atoms with van der Waals surface area (Å²) in [7, 11) is -2.62. The van der Waals surface area contributed by atoms with E-state index in [-0.39, 0.29) is 42.5 Å². The summed E-state index contributed by atoms with van der Waals surface area (Å²) in [6.07, 6.45) is 0. The normalized spacial score (nSPS) is 14.4.